The number of ether oxygens (including phenoxy) is 1. The van der Waals surface area contributed by atoms with E-state index in [-0.39, 0.29) is 5.91 Å². The van der Waals surface area contributed by atoms with Crippen LogP contribution in [0.4, 0.5) is 0 Å². The zero-order chi connectivity index (χ0) is 9.68. The van der Waals surface area contributed by atoms with Gasteiger partial charge in [0, 0.05) is 19.1 Å². The van der Waals surface area contributed by atoms with Gasteiger partial charge in [0.1, 0.15) is 0 Å². The molecule has 1 aliphatic rings. The van der Waals surface area contributed by atoms with Gasteiger partial charge in [0.25, 0.3) is 0 Å². The van der Waals surface area contributed by atoms with E-state index in [1.165, 1.54) is 0 Å². The van der Waals surface area contributed by atoms with Crippen LogP contribution in [0.15, 0.2) is 0 Å². The van der Waals surface area contributed by atoms with E-state index in [1.54, 1.807) is 0 Å². The summed E-state index contributed by atoms with van der Waals surface area (Å²) in [5, 5.41) is 2.90. The average Bonchev–Trinajstić information content (AvgIpc) is 2.85. The molecule has 76 valence electrons. The molecule has 3 nitrogen and oxygen atoms in total. The van der Waals surface area contributed by atoms with Crippen molar-refractivity contribution < 1.29 is 9.53 Å². The lowest BCUT2D eigenvalue weighted by Crippen LogP contribution is -2.26. The van der Waals surface area contributed by atoms with Crippen molar-refractivity contribution in [2.45, 2.75) is 39.2 Å². The summed E-state index contributed by atoms with van der Waals surface area (Å²) >= 11 is 0. The second-order valence-electron chi connectivity index (χ2n) is 3.84. The van der Waals surface area contributed by atoms with Crippen molar-refractivity contribution in [3.05, 3.63) is 0 Å². The zero-order valence-corrected chi connectivity index (χ0v) is 8.51. The summed E-state index contributed by atoms with van der Waals surface area (Å²) in [6.45, 7) is 5.52. The van der Waals surface area contributed by atoms with Gasteiger partial charge in [0.05, 0.1) is 6.10 Å². The summed E-state index contributed by atoms with van der Waals surface area (Å²) < 4.78 is 5.35. The Bertz CT molecular complexity index is 164. The normalized spacial score (nSPS) is 16.2. The standard InChI is InChI=1S/C10H19NO2/c1-8(2)13-7-3-6-11-10(12)9-4-5-9/h8-9H,3-7H2,1-2H3,(H,11,12). The van der Waals surface area contributed by atoms with Crippen LogP contribution in [0.2, 0.25) is 0 Å². The first-order valence-corrected chi connectivity index (χ1v) is 5.09. The van der Waals surface area contributed by atoms with E-state index in [0.29, 0.717) is 12.0 Å². The Hall–Kier alpha value is -0.570. The van der Waals surface area contributed by atoms with E-state index in [0.717, 1.165) is 32.4 Å². The monoisotopic (exact) mass is 185 g/mol. The van der Waals surface area contributed by atoms with E-state index < -0.39 is 0 Å². The van der Waals surface area contributed by atoms with Gasteiger partial charge in [-0.15, -0.1) is 0 Å². The molecule has 13 heavy (non-hydrogen) atoms. The van der Waals surface area contributed by atoms with Gasteiger partial charge >= 0.3 is 0 Å². The van der Waals surface area contributed by atoms with Crippen molar-refractivity contribution in [3.63, 3.8) is 0 Å². The molecule has 1 rings (SSSR count). The number of amides is 1. The predicted octanol–water partition coefficient (Wildman–Crippen LogP) is 1.33. The van der Waals surface area contributed by atoms with E-state index in [4.69, 9.17) is 4.74 Å². The third-order valence-electron chi connectivity index (χ3n) is 2.02. The molecule has 0 aromatic heterocycles. The van der Waals surface area contributed by atoms with Gasteiger partial charge < -0.3 is 10.1 Å². The summed E-state index contributed by atoms with van der Waals surface area (Å²) in [4.78, 5) is 11.2. The molecular formula is C10H19NO2. The van der Waals surface area contributed by atoms with Crippen molar-refractivity contribution in [2.24, 2.45) is 5.92 Å². The smallest absolute Gasteiger partial charge is 0.223 e. The third kappa shape index (κ3) is 4.88. The quantitative estimate of drug-likeness (QED) is 0.634. The lowest BCUT2D eigenvalue weighted by atomic mass is 10.3. The number of hydrogen-bond acceptors (Lipinski definition) is 2. The van der Waals surface area contributed by atoms with E-state index >= 15 is 0 Å². The number of carbonyl (C=O) groups is 1. The maximum absolute atomic E-state index is 11.2. The van der Waals surface area contributed by atoms with Gasteiger partial charge in [-0.05, 0) is 33.1 Å². The zero-order valence-electron chi connectivity index (χ0n) is 8.51. The Kier molecular flexibility index (Phi) is 4.22. The van der Waals surface area contributed by atoms with Crippen LogP contribution in [0, 0.1) is 5.92 Å². The molecule has 1 saturated carbocycles. The fourth-order valence-corrected chi connectivity index (χ4v) is 1.09. The third-order valence-corrected chi connectivity index (χ3v) is 2.02. The first kappa shape index (κ1) is 10.5. The Morgan fingerprint density at radius 3 is 2.77 bits per heavy atom. The van der Waals surface area contributed by atoms with E-state index in [1.807, 2.05) is 13.8 Å². The first-order chi connectivity index (χ1) is 6.20. The number of hydrogen-bond donors (Lipinski definition) is 1. The molecule has 1 aliphatic carbocycles. The molecule has 0 aromatic carbocycles. The summed E-state index contributed by atoms with van der Waals surface area (Å²) in [5.74, 6) is 0.551. The molecule has 0 saturated heterocycles. The fraction of sp³-hybridized carbons (Fsp3) is 0.900. The summed E-state index contributed by atoms with van der Waals surface area (Å²) in [6.07, 6.45) is 3.36. The molecule has 0 atom stereocenters. The van der Waals surface area contributed by atoms with Crippen molar-refractivity contribution in [3.8, 4) is 0 Å². The Balaban J connectivity index is 1.86. The van der Waals surface area contributed by atoms with E-state index in [9.17, 15) is 4.79 Å². The summed E-state index contributed by atoms with van der Waals surface area (Å²) in [6, 6.07) is 0. The van der Waals surface area contributed by atoms with Crippen LogP contribution >= 0.6 is 0 Å². The molecule has 0 bridgehead atoms. The average molecular weight is 185 g/mol. The molecule has 0 heterocycles. The summed E-state index contributed by atoms with van der Waals surface area (Å²) in [5.41, 5.74) is 0. The van der Waals surface area contributed by atoms with Crippen LogP contribution in [0.1, 0.15) is 33.1 Å². The van der Waals surface area contributed by atoms with Crippen LogP contribution < -0.4 is 5.32 Å². The molecule has 0 aromatic rings. The van der Waals surface area contributed by atoms with Gasteiger partial charge in [-0.25, -0.2) is 0 Å². The minimum Gasteiger partial charge on any atom is -0.379 e. The fourth-order valence-electron chi connectivity index (χ4n) is 1.09. The van der Waals surface area contributed by atoms with Gasteiger partial charge in [0.15, 0.2) is 0 Å². The number of nitrogens with one attached hydrogen (secondary N) is 1. The SMILES string of the molecule is CC(C)OCCCNC(=O)C1CC1. The molecule has 0 spiro atoms. The lowest BCUT2D eigenvalue weighted by Gasteiger charge is -2.07. The van der Waals surface area contributed by atoms with Gasteiger partial charge in [-0.3, -0.25) is 4.79 Å². The van der Waals surface area contributed by atoms with Crippen molar-refractivity contribution >= 4 is 5.91 Å². The maximum atomic E-state index is 11.2. The van der Waals surface area contributed by atoms with Crippen LogP contribution in [-0.4, -0.2) is 25.2 Å². The minimum atomic E-state index is 0.226. The first-order valence-electron chi connectivity index (χ1n) is 5.09. The highest BCUT2D eigenvalue weighted by Gasteiger charge is 2.28. The topological polar surface area (TPSA) is 38.3 Å². The molecule has 1 N–H and O–H groups in total. The van der Waals surface area contributed by atoms with Crippen LogP contribution in [0.3, 0.4) is 0 Å². The molecule has 0 radical (unpaired) electrons. The van der Waals surface area contributed by atoms with Crippen molar-refractivity contribution in [2.75, 3.05) is 13.2 Å². The Morgan fingerprint density at radius 1 is 1.54 bits per heavy atom. The number of carbonyl (C=O) groups excluding carboxylic acids is 1. The van der Waals surface area contributed by atoms with Crippen LogP contribution in [0.5, 0.6) is 0 Å². The predicted molar refractivity (Wildman–Crippen MR) is 51.4 cm³/mol. The largest absolute Gasteiger partial charge is 0.379 e. The number of rotatable bonds is 6. The molecule has 0 aliphatic heterocycles. The Morgan fingerprint density at radius 2 is 2.23 bits per heavy atom. The molecular weight excluding hydrogens is 166 g/mol. The van der Waals surface area contributed by atoms with Gasteiger partial charge in [-0.1, -0.05) is 0 Å². The molecule has 1 amide bonds. The molecule has 1 fully saturated rings. The highest BCUT2D eigenvalue weighted by Crippen LogP contribution is 2.28. The highest BCUT2D eigenvalue weighted by molar-refractivity contribution is 5.80. The lowest BCUT2D eigenvalue weighted by molar-refractivity contribution is -0.122. The summed E-state index contributed by atoms with van der Waals surface area (Å²) in [7, 11) is 0. The second kappa shape index (κ2) is 5.22. The van der Waals surface area contributed by atoms with Crippen molar-refractivity contribution in [1.82, 2.24) is 5.32 Å². The van der Waals surface area contributed by atoms with E-state index in [2.05, 4.69) is 5.32 Å². The minimum absolute atomic E-state index is 0.226. The second-order valence-corrected chi connectivity index (χ2v) is 3.84. The van der Waals surface area contributed by atoms with Crippen LogP contribution in [0.25, 0.3) is 0 Å². The molecule has 3 heteroatoms. The Labute approximate surface area is 79.8 Å². The maximum Gasteiger partial charge on any atom is 0.223 e. The van der Waals surface area contributed by atoms with Gasteiger partial charge in [0.2, 0.25) is 5.91 Å². The van der Waals surface area contributed by atoms with Gasteiger partial charge in [-0.2, -0.15) is 0 Å². The van der Waals surface area contributed by atoms with Crippen molar-refractivity contribution in [1.29, 1.82) is 0 Å². The highest BCUT2D eigenvalue weighted by atomic mass is 16.5. The van der Waals surface area contributed by atoms with Crippen LogP contribution in [-0.2, 0) is 9.53 Å². The molecule has 0 unspecified atom stereocenters.